The van der Waals surface area contributed by atoms with Crippen LogP contribution in [0.25, 0.3) is 0 Å². The second kappa shape index (κ2) is 5.96. The number of hydrogen-bond donors (Lipinski definition) is 0. The minimum Gasteiger partial charge on any atom is -0.358 e. The van der Waals surface area contributed by atoms with E-state index in [9.17, 15) is 0 Å². The molecule has 0 N–H and O–H groups in total. The van der Waals surface area contributed by atoms with Gasteiger partial charge in [0.25, 0.3) is 0 Å². The van der Waals surface area contributed by atoms with Gasteiger partial charge in [-0.1, -0.05) is 23.8 Å². The Morgan fingerprint density at radius 3 is 3.11 bits per heavy atom. The summed E-state index contributed by atoms with van der Waals surface area (Å²) in [6.07, 6.45) is 15.9. The quantitative estimate of drug-likeness (QED) is 0.706. The van der Waals surface area contributed by atoms with Crippen LogP contribution in [-0.4, -0.2) is 24.3 Å². The van der Waals surface area contributed by atoms with Crippen LogP contribution in [0.5, 0.6) is 0 Å². The molecule has 0 aromatic heterocycles. The summed E-state index contributed by atoms with van der Waals surface area (Å²) in [7, 11) is 0. The van der Waals surface area contributed by atoms with Crippen molar-refractivity contribution in [3.63, 3.8) is 0 Å². The SMILES string of the molecule is CC1=CCC(OCN2CCCC3=C2CCC=C3)CC1. The lowest BCUT2D eigenvalue weighted by Crippen LogP contribution is -2.33. The Labute approximate surface area is 116 Å². The van der Waals surface area contributed by atoms with Crippen molar-refractivity contribution in [2.45, 2.75) is 58.0 Å². The van der Waals surface area contributed by atoms with Gasteiger partial charge in [-0.25, -0.2) is 0 Å². The predicted octanol–water partition coefficient (Wildman–Crippen LogP) is 4.16. The first-order chi connectivity index (χ1) is 9.33. The molecule has 3 rings (SSSR count). The Morgan fingerprint density at radius 2 is 2.26 bits per heavy atom. The van der Waals surface area contributed by atoms with Crippen molar-refractivity contribution in [2.24, 2.45) is 0 Å². The number of allylic oxidation sites excluding steroid dienone is 5. The van der Waals surface area contributed by atoms with Gasteiger partial charge in [-0.05, 0) is 57.4 Å². The molecule has 1 unspecified atom stereocenters. The molecule has 2 nitrogen and oxygen atoms in total. The predicted molar refractivity (Wildman–Crippen MR) is 78.7 cm³/mol. The van der Waals surface area contributed by atoms with E-state index in [1.165, 1.54) is 50.6 Å². The molecule has 3 aliphatic rings. The van der Waals surface area contributed by atoms with Crippen molar-refractivity contribution in [3.8, 4) is 0 Å². The number of hydrogen-bond acceptors (Lipinski definition) is 2. The number of nitrogens with zero attached hydrogens (tertiary/aromatic N) is 1. The van der Waals surface area contributed by atoms with Gasteiger partial charge >= 0.3 is 0 Å². The summed E-state index contributed by atoms with van der Waals surface area (Å²) in [5.74, 6) is 0. The molecule has 0 saturated carbocycles. The zero-order chi connectivity index (χ0) is 13.1. The molecule has 0 spiro atoms. The fourth-order valence-corrected chi connectivity index (χ4v) is 3.32. The second-order valence-corrected chi connectivity index (χ2v) is 6.02. The number of ether oxygens (including phenoxy) is 1. The van der Waals surface area contributed by atoms with Crippen LogP contribution < -0.4 is 0 Å². The zero-order valence-corrected chi connectivity index (χ0v) is 12.0. The van der Waals surface area contributed by atoms with Crippen molar-refractivity contribution in [3.05, 3.63) is 35.1 Å². The topological polar surface area (TPSA) is 12.5 Å². The van der Waals surface area contributed by atoms with Gasteiger partial charge in [-0.15, -0.1) is 0 Å². The van der Waals surface area contributed by atoms with Crippen LogP contribution >= 0.6 is 0 Å². The molecule has 0 aromatic rings. The summed E-state index contributed by atoms with van der Waals surface area (Å²) in [4.78, 5) is 2.48. The van der Waals surface area contributed by atoms with Crippen LogP contribution in [0, 0.1) is 0 Å². The van der Waals surface area contributed by atoms with Crippen molar-refractivity contribution in [1.82, 2.24) is 4.90 Å². The maximum atomic E-state index is 6.14. The highest BCUT2D eigenvalue weighted by Gasteiger charge is 2.21. The Morgan fingerprint density at radius 1 is 1.32 bits per heavy atom. The van der Waals surface area contributed by atoms with Gasteiger partial charge in [0.05, 0.1) is 6.10 Å². The van der Waals surface area contributed by atoms with Gasteiger partial charge in [0.15, 0.2) is 0 Å². The van der Waals surface area contributed by atoms with E-state index in [0.29, 0.717) is 6.10 Å². The van der Waals surface area contributed by atoms with Crippen molar-refractivity contribution in [1.29, 1.82) is 0 Å². The lowest BCUT2D eigenvalue weighted by atomic mass is 9.95. The summed E-state index contributed by atoms with van der Waals surface area (Å²) >= 11 is 0. The first-order valence-electron chi connectivity index (χ1n) is 7.73. The fourth-order valence-electron chi connectivity index (χ4n) is 3.32. The van der Waals surface area contributed by atoms with Crippen LogP contribution in [-0.2, 0) is 4.74 Å². The van der Waals surface area contributed by atoms with E-state index in [2.05, 4.69) is 30.1 Å². The molecule has 0 amide bonds. The standard InChI is InChI=1S/C17H25NO/c1-14-8-10-16(11-9-14)19-13-18-12-4-6-15-5-2-3-7-17(15)18/h2,5,8,16H,3-4,6-7,9-13H2,1H3. The highest BCUT2D eigenvalue weighted by atomic mass is 16.5. The first-order valence-corrected chi connectivity index (χ1v) is 7.73. The summed E-state index contributed by atoms with van der Waals surface area (Å²) in [5.41, 5.74) is 4.64. The lowest BCUT2D eigenvalue weighted by molar-refractivity contribution is -0.0173. The molecule has 104 valence electrons. The van der Waals surface area contributed by atoms with E-state index in [0.717, 1.165) is 13.2 Å². The normalized spacial score (nSPS) is 27.3. The molecule has 2 heteroatoms. The van der Waals surface area contributed by atoms with Crippen LogP contribution in [0.2, 0.25) is 0 Å². The maximum absolute atomic E-state index is 6.14. The van der Waals surface area contributed by atoms with Crippen LogP contribution in [0.1, 0.15) is 51.9 Å². The van der Waals surface area contributed by atoms with Gasteiger partial charge in [0.2, 0.25) is 0 Å². The third kappa shape index (κ3) is 3.11. The molecule has 2 aliphatic carbocycles. The van der Waals surface area contributed by atoms with E-state index in [-0.39, 0.29) is 0 Å². The Balaban J connectivity index is 1.56. The molecule has 1 heterocycles. The average molecular weight is 259 g/mol. The van der Waals surface area contributed by atoms with Gasteiger partial charge in [0.1, 0.15) is 6.73 Å². The Kier molecular flexibility index (Phi) is 4.07. The third-order valence-corrected chi connectivity index (χ3v) is 4.55. The van der Waals surface area contributed by atoms with Crippen LogP contribution in [0.4, 0.5) is 0 Å². The summed E-state index contributed by atoms with van der Waals surface area (Å²) in [6.45, 7) is 4.20. The van der Waals surface area contributed by atoms with Gasteiger partial charge in [-0.3, -0.25) is 0 Å². The fraction of sp³-hybridized carbons (Fsp3) is 0.647. The van der Waals surface area contributed by atoms with E-state index in [1.54, 1.807) is 11.3 Å². The first kappa shape index (κ1) is 13.0. The second-order valence-electron chi connectivity index (χ2n) is 6.02. The van der Waals surface area contributed by atoms with E-state index in [1.807, 2.05) is 0 Å². The number of rotatable bonds is 3. The monoisotopic (exact) mass is 259 g/mol. The third-order valence-electron chi connectivity index (χ3n) is 4.55. The Hall–Kier alpha value is -1.02. The molecule has 0 aromatic carbocycles. The minimum atomic E-state index is 0.439. The maximum Gasteiger partial charge on any atom is 0.119 e. The molecular weight excluding hydrogens is 234 g/mol. The van der Waals surface area contributed by atoms with Gasteiger partial charge < -0.3 is 9.64 Å². The lowest BCUT2D eigenvalue weighted by Gasteiger charge is -2.35. The highest BCUT2D eigenvalue weighted by Crippen LogP contribution is 2.30. The van der Waals surface area contributed by atoms with Crippen molar-refractivity contribution >= 4 is 0 Å². The Bertz CT molecular complexity index is 419. The molecule has 0 bridgehead atoms. The van der Waals surface area contributed by atoms with Gasteiger partial charge in [-0.2, -0.15) is 0 Å². The molecule has 19 heavy (non-hydrogen) atoms. The largest absolute Gasteiger partial charge is 0.358 e. The minimum absolute atomic E-state index is 0.439. The summed E-state index contributed by atoms with van der Waals surface area (Å²) < 4.78 is 6.14. The van der Waals surface area contributed by atoms with E-state index < -0.39 is 0 Å². The zero-order valence-electron chi connectivity index (χ0n) is 12.0. The van der Waals surface area contributed by atoms with Gasteiger partial charge in [0, 0.05) is 12.2 Å². The molecule has 0 saturated heterocycles. The van der Waals surface area contributed by atoms with Crippen LogP contribution in [0.3, 0.4) is 0 Å². The summed E-state index contributed by atoms with van der Waals surface area (Å²) in [6, 6.07) is 0. The smallest absolute Gasteiger partial charge is 0.119 e. The molecular formula is C17H25NO. The highest BCUT2D eigenvalue weighted by molar-refractivity contribution is 5.30. The average Bonchev–Trinajstić information content (AvgIpc) is 2.47. The molecule has 1 aliphatic heterocycles. The van der Waals surface area contributed by atoms with Crippen molar-refractivity contribution in [2.75, 3.05) is 13.3 Å². The molecule has 0 radical (unpaired) electrons. The van der Waals surface area contributed by atoms with Crippen LogP contribution in [0.15, 0.2) is 35.1 Å². The molecule has 1 atom stereocenters. The van der Waals surface area contributed by atoms with E-state index in [4.69, 9.17) is 4.74 Å². The van der Waals surface area contributed by atoms with E-state index >= 15 is 0 Å². The van der Waals surface area contributed by atoms with Crippen molar-refractivity contribution < 1.29 is 4.74 Å². The summed E-state index contributed by atoms with van der Waals surface area (Å²) in [5, 5.41) is 0. The molecule has 0 fully saturated rings.